The summed E-state index contributed by atoms with van der Waals surface area (Å²) in [4.78, 5) is 3.39. The zero-order valence-electron chi connectivity index (χ0n) is 8.10. The van der Waals surface area contributed by atoms with E-state index in [4.69, 9.17) is 4.43 Å². The molecule has 0 unspecified atom stereocenters. The second-order valence-electron chi connectivity index (χ2n) is 3.35. The van der Waals surface area contributed by atoms with Gasteiger partial charge in [0.1, 0.15) is 0 Å². The Labute approximate surface area is 88.6 Å². The molecule has 0 radical (unpaired) electrons. The summed E-state index contributed by atoms with van der Waals surface area (Å²) < 4.78 is 6.48. The fourth-order valence-electron chi connectivity index (χ4n) is 0.932. The summed E-state index contributed by atoms with van der Waals surface area (Å²) in [6, 6.07) is 8.11. The molecule has 0 aromatic heterocycles. The molecule has 1 aromatic carbocycles. The van der Waals surface area contributed by atoms with Crippen LogP contribution in [0.25, 0.3) is 0 Å². The molecule has 1 N–H and O–H groups in total. The van der Waals surface area contributed by atoms with E-state index in [9.17, 15) is 0 Å². The highest BCUT2D eigenvalue weighted by Crippen LogP contribution is 2.16. The number of rotatable bonds is 3. The van der Waals surface area contributed by atoms with E-state index in [2.05, 4.69) is 34.0 Å². The van der Waals surface area contributed by atoms with Gasteiger partial charge < -0.3 is 9.41 Å². The highest BCUT2D eigenvalue weighted by Gasteiger charge is 2.20. The first-order valence-electron chi connectivity index (χ1n) is 4.12. The van der Waals surface area contributed by atoms with Gasteiger partial charge in [0.25, 0.3) is 8.48 Å². The molecule has 0 spiro atoms. The van der Waals surface area contributed by atoms with Crippen molar-refractivity contribution in [1.29, 1.82) is 0 Å². The lowest BCUT2D eigenvalue weighted by molar-refractivity contribution is 0.410. The molecule has 0 saturated heterocycles. The van der Waals surface area contributed by atoms with Crippen LogP contribution in [0.2, 0.25) is 13.1 Å². The largest absolute Gasteiger partial charge is 0.402 e. The molecule has 1 rings (SSSR count). The van der Waals surface area contributed by atoms with Gasteiger partial charge in [-0.25, -0.2) is 0 Å². The summed E-state index contributed by atoms with van der Waals surface area (Å²) in [7, 11) is 0.0473. The molecule has 0 fully saturated rings. The minimum Gasteiger partial charge on any atom is -0.402 e. The van der Waals surface area contributed by atoms with Crippen LogP contribution in [0.3, 0.4) is 0 Å². The van der Waals surface area contributed by atoms with Gasteiger partial charge in [0.2, 0.25) is 0 Å². The van der Waals surface area contributed by atoms with E-state index in [0.29, 0.717) is 0 Å². The van der Waals surface area contributed by atoms with Crippen molar-refractivity contribution in [3.8, 4) is 0 Å². The van der Waals surface area contributed by atoms with Crippen LogP contribution in [0.15, 0.2) is 28.7 Å². The smallest absolute Gasteiger partial charge is 0.291 e. The first-order chi connectivity index (χ1) is 6.03. The van der Waals surface area contributed by atoms with Gasteiger partial charge in [-0.1, -0.05) is 15.9 Å². The van der Waals surface area contributed by atoms with Crippen molar-refractivity contribution in [2.24, 2.45) is 0 Å². The molecule has 0 amide bonds. The topological polar surface area (TPSA) is 21.3 Å². The van der Waals surface area contributed by atoms with Crippen molar-refractivity contribution in [2.45, 2.75) is 13.1 Å². The first-order valence-corrected chi connectivity index (χ1v) is 7.82. The predicted octanol–water partition coefficient (Wildman–Crippen LogP) is 3.21. The summed E-state index contributed by atoms with van der Waals surface area (Å²) >= 11 is 3.39. The Hall–Kier alpha value is -0.323. The fourth-order valence-corrected chi connectivity index (χ4v) is 2.16. The van der Waals surface area contributed by atoms with Crippen LogP contribution in [0, 0.1) is 0 Å². The molecule has 0 aliphatic heterocycles. The minimum atomic E-state index is -1.70. The van der Waals surface area contributed by atoms with Crippen LogP contribution in [0.5, 0.6) is 0 Å². The van der Waals surface area contributed by atoms with Gasteiger partial charge in [-0.2, -0.15) is 0 Å². The third-order valence-corrected chi connectivity index (χ3v) is 4.24. The average molecular weight is 260 g/mol. The molecular formula is C9H14BrNOSi. The lowest BCUT2D eigenvalue weighted by Crippen LogP contribution is -2.39. The maximum Gasteiger partial charge on any atom is 0.291 e. The summed E-state index contributed by atoms with van der Waals surface area (Å²) in [5, 5.41) is 0. The minimum absolute atomic E-state index is 1.09. The second-order valence-corrected chi connectivity index (χ2v) is 7.94. The van der Waals surface area contributed by atoms with Crippen LogP contribution in [0.4, 0.5) is 5.69 Å². The molecule has 0 heterocycles. The zero-order valence-corrected chi connectivity index (χ0v) is 10.7. The lowest BCUT2D eigenvalue weighted by atomic mass is 10.3. The number of benzene rings is 1. The summed E-state index contributed by atoms with van der Waals surface area (Å²) in [5.74, 6) is 0. The van der Waals surface area contributed by atoms with Crippen molar-refractivity contribution in [1.82, 2.24) is 0 Å². The molecule has 72 valence electrons. The van der Waals surface area contributed by atoms with Gasteiger partial charge in [0.05, 0.1) is 0 Å². The van der Waals surface area contributed by atoms with Crippen LogP contribution >= 0.6 is 15.9 Å². The first kappa shape index (κ1) is 10.8. The Bertz CT molecular complexity index is 273. The van der Waals surface area contributed by atoms with Crippen molar-refractivity contribution in [3.63, 3.8) is 0 Å². The second kappa shape index (κ2) is 4.26. The molecule has 0 bridgehead atoms. The Morgan fingerprint density at radius 1 is 1.23 bits per heavy atom. The highest BCUT2D eigenvalue weighted by atomic mass is 79.9. The molecule has 0 saturated carbocycles. The van der Waals surface area contributed by atoms with E-state index in [1.165, 1.54) is 0 Å². The number of anilines is 1. The Kier molecular flexibility index (Phi) is 3.52. The maximum atomic E-state index is 5.39. The van der Waals surface area contributed by atoms with Crippen molar-refractivity contribution in [2.75, 3.05) is 12.1 Å². The van der Waals surface area contributed by atoms with Gasteiger partial charge >= 0.3 is 0 Å². The molecule has 1 aromatic rings. The third-order valence-electron chi connectivity index (χ3n) is 1.80. The van der Waals surface area contributed by atoms with Gasteiger partial charge in [0, 0.05) is 17.3 Å². The lowest BCUT2D eigenvalue weighted by Gasteiger charge is -2.22. The maximum absolute atomic E-state index is 5.39. The summed E-state index contributed by atoms with van der Waals surface area (Å²) in [6.07, 6.45) is 0. The Morgan fingerprint density at radius 2 is 1.77 bits per heavy atom. The van der Waals surface area contributed by atoms with Gasteiger partial charge in [-0.3, -0.25) is 0 Å². The van der Waals surface area contributed by atoms with Crippen molar-refractivity contribution < 1.29 is 4.43 Å². The highest BCUT2D eigenvalue weighted by molar-refractivity contribution is 9.10. The van der Waals surface area contributed by atoms with E-state index < -0.39 is 8.48 Å². The molecular weight excluding hydrogens is 246 g/mol. The van der Waals surface area contributed by atoms with E-state index in [-0.39, 0.29) is 0 Å². The quantitative estimate of drug-likeness (QED) is 0.842. The van der Waals surface area contributed by atoms with Gasteiger partial charge in [-0.05, 0) is 37.4 Å². The predicted molar refractivity (Wildman–Crippen MR) is 62.3 cm³/mol. The molecule has 0 atom stereocenters. The number of nitrogens with one attached hydrogen (secondary N) is 1. The molecule has 13 heavy (non-hydrogen) atoms. The van der Waals surface area contributed by atoms with E-state index in [1.807, 2.05) is 24.3 Å². The third kappa shape index (κ3) is 3.50. The van der Waals surface area contributed by atoms with E-state index >= 15 is 0 Å². The molecule has 0 aliphatic rings. The van der Waals surface area contributed by atoms with Crippen LogP contribution < -0.4 is 4.98 Å². The van der Waals surface area contributed by atoms with Gasteiger partial charge in [-0.15, -0.1) is 0 Å². The number of hydrogen-bond donors (Lipinski definition) is 1. The van der Waals surface area contributed by atoms with Gasteiger partial charge in [0.15, 0.2) is 0 Å². The van der Waals surface area contributed by atoms with Crippen LogP contribution in [0.1, 0.15) is 0 Å². The SMILES string of the molecule is CO[Si](C)(C)Nc1ccc(Br)cc1. The number of halogens is 1. The monoisotopic (exact) mass is 259 g/mol. The Balaban J connectivity index is 2.69. The Morgan fingerprint density at radius 3 is 2.23 bits per heavy atom. The van der Waals surface area contributed by atoms with Crippen molar-refractivity contribution in [3.05, 3.63) is 28.7 Å². The summed E-state index contributed by atoms with van der Waals surface area (Å²) in [6.45, 7) is 4.24. The van der Waals surface area contributed by atoms with E-state index in [0.717, 1.165) is 10.2 Å². The molecule has 2 nitrogen and oxygen atoms in total. The molecule has 0 aliphatic carbocycles. The van der Waals surface area contributed by atoms with Crippen LogP contribution in [-0.2, 0) is 4.43 Å². The summed E-state index contributed by atoms with van der Waals surface area (Å²) in [5.41, 5.74) is 1.11. The average Bonchev–Trinajstić information content (AvgIpc) is 2.09. The number of hydrogen-bond acceptors (Lipinski definition) is 2. The fraction of sp³-hybridized carbons (Fsp3) is 0.333. The van der Waals surface area contributed by atoms with Crippen LogP contribution in [-0.4, -0.2) is 15.6 Å². The van der Waals surface area contributed by atoms with E-state index in [1.54, 1.807) is 7.11 Å². The zero-order chi connectivity index (χ0) is 9.90. The molecule has 4 heteroatoms. The van der Waals surface area contributed by atoms with Crippen molar-refractivity contribution >= 4 is 30.1 Å². The normalized spacial score (nSPS) is 11.4. The standard InChI is InChI=1S/C9H14BrNOSi/c1-12-13(2,3)11-9-6-4-8(10)5-7-9/h4-7,11H,1-3H3.